The number of halogens is 1. The van der Waals surface area contributed by atoms with Crippen LogP contribution in [-0.4, -0.2) is 26.9 Å². The van der Waals surface area contributed by atoms with Crippen molar-refractivity contribution in [3.8, 4) is 5.69 Å². The molecule has 0 saturated carbocycles. The molecule has 4 nitrogen and oxygen atoms in total. The summed E-state index contributed by atoms with van der Waals surface area (Å²) in [5.41, 5.74) is 6.88. The molecule has 164 valence electrons. The van der Waals surface area contributed by atoms with E-state index < -0.39 is 0 Å². The first-order chi connectivity index (χ1) is 15.4. The van der Waals surface area contributed by atoms with Crippen LogP contribution in [0.15, 0.2) is 60.7 Å². The fraction of sp³-hybridized carbons (Fsp3) is 0.259. The van der Waals surface area contributed by atoms with Crippen molar-refractivity contribution in [1.82, 2.24) is 14.5 Å². The van der Waals surface area contributed by atoms with Crippen LogP contribution < -0.4 is 0 Å². The molecule has 0 atom stereocenters. The Morgan fingerprint density at radius 3 is 2.31 bits per heavy atom. The van der Waals surface area contributed by atoms with Crippen LogP contribution in [0.3, 0.4) is 0 Å². The lowest BCUT2D eigenvalue weighted by molar-refractivity contribution is 0.0737. The number of imidazole rings is 1. The molecule has 4 aromatic rings. The van der Waals surface area contributed by atoms with E-state index in [-0.39, 0.29) is 5.91 Å². The molecule has 0 bridgehead atoms. The van der Waals surface area contributed by atoms with Gasteiger partial charge >= 0.3 is 0 Å². The lowest BCUT2D eigenvalue weighted by atomic mass is 9.98. The SMILES string of the molecule is CCCN(Cc1nc2ccccc2n1-c1ccc(Cl)cc1)C(=O)c1c(C)cc(C)cc1C. The first-order valence-electron chi connectivity index (χ1n) is 11.0. The summed E-state index contributed by atoms with van der Waals surface area (Å²) in [5.74, 6) is 0.884. The molecule has 0 aliphatic heterocycles. The summed E-state index contributed by atoms with van der Waals surface area (Å²) < 4.78 is 2.12. The minimum atomic E-state index is 0.0524. The van der Waals surface area contributed by atoms with E-state index in [1.165, 1.54) is 5.56 Å². The molecule has 0 spiro atoms. The van der Waals surface area contributed by atoms with Crippen LogP contribution in [0.2, 0.25) is 5.02 Å². The van der Waals surface area contributed by atoms with Gasteiger partial charge in [-0.2, -0.15) is 0 Å². The standard InChI is InChI=1S/C27H28ClN3O/c1-5-14-30(27(32)26-19(3)15-18(2)16-20(26)4)17-25-29-23-8-6-7-9-24(23)31(25)22-12-10-21(28)11-13-22/h6-13,15-16H,5,14,17H2,1-4H3. The van der Waals surface area contributed by atoms with Crippen LogP contribution in [0, 0.1) is 20.8 Å². The van der Waals surface area contributed by atoms with Gasteiger partial charge in [0.05, 0.1) is 17.6 Å². The first kappa shape index (κ1) is 22.1. The zero-order valence-corrected chi connectivity index (χ0v) is 19.8. The molecule has 5 heteroatoms. The van der Waals surface area contributed by atoms with Gasteiger partial charge < -0.3 is 4.90 Å². The summed E-state index contributed by atoms with van der Waals surface area (Å²) in [7, 11) is 0. The number of nitrogens with zero attached hydrogens (tertiary/aromatic N) is 3. The van der Waals surface area contributed by atoms with E-state index in [1.54, 1.807) is 0 Å². The summed E-state index contributed by atoms with van der Waals surface area (Å²) in [6, 6.07) is 19.9. The number of hydrogen-bond acceptors (Lipinski definition) is 2. The second-order valence-corrected chi connectivity index (χ2v) is 8.77. The molecule has 1 aromatic heterocycles. The number of rotatable bonds is 6. The number of para-hydroxylation sites is 2. The van der Waals surface area contributed by atoms with Crippen molar-refractivity contribution in [1.29, 1.82) is 0 Å². The molecule has 1 heterocycles. The molecule has 0 fully saturated rings. The number of carbonyl (C=O) groups is 1. The average Bonchev–Trinajstić information content (AvgIpc) is 3.11. The van der Waals surface area contributed by atoms with Crippen molar-refractivity contribution >= 4 is 28.5 Å². The zero-order chi connectivity index (χ0) is 22.8. The number of aromatic nitrogens is 2. The molecule has 0 N–H and O–H groups in total. The maximum Gasteiger partial charge on any atom is 0.254 e. The van der Waals surface area contributed by atoms with Gasteiger partial charge in [-0.3, -0.25) is 9.36 Å². The van der Waals surface area contributed by atoms with Crippen LogP contribution in [0.4, 0.5) is 0 Å². The van der Waals surface area contributed by atoms with Crippen molar-refractivity contribution in [2.45, 2.75) is 40.7 Å². The predicted molar refractivity (Wildman–Crippen MR) is 132 cm³/mol. The fourth-order valence-corrected chi connectivity index (χ4v) is 4.55. The van der Waals surface area contributed by atoms with E-state index in [4.69, 9.17) is 16.6 Å². The van der Waals surface area contributed by atoms with Crippen LogP contribution in [-0.2, 0) is 6.54 Å². The maximum absolute atomic E-state index is 13.7. The van der Waals surface area contributed by atoms with Gasteiger partial charge in [0.15, 0.2) is 0 Å². The van der Waals surface area contributed by atoms with Crippen molar-refractivity contribution in [3.63, 3.8) is 0 Å². The van der Waals surface area contributed by atoms with E-state index in [2.05, 4.69) is 36.6 Å². The fourth-order valence-electron chi connectivity index (χ4n) is 4.43. The summed E-state index contributed by atoms with van der Waals surface area (Å²) in [5, 5.41) is 0.688. The van der Waals surface area contributed by atoms with Gasteiger partial charge in [-0.1, -0.05) is 48.4 Å². The van der Waals surface area contributed by atoms with E-state index in [0.29, 0.717) is 18.1 Å². The van der Waals surface area contributed by atoms with Gasteiger partial charge in [-0.25, -0.2) is 4.98 Å². The summed E-state index contributed by atoms with van der Waals surface area (Å²) in [6.45, 7) is 9.27. The number of aryl methyl sites for hydroxylation is 3. The smallest absolute Gasteiger partial charge is 0.254 e. The summed E-state index contributed by atoms with van der Waals surface area (Å²) in [6.07, 6.45) is 0.872. The van der Waals surface area contributed by atoms with Gasteiger partial charge in [0.2, 0.25) is 0 Å². The highest BCUT2D eigenvalue weighted by Gasteiger charge is 2.23. The predicted octanol–water partition coefficient (Wildman–Crippen LogP) is 6.66. The topological polar surface area (TPSA) is 38.1 Å². The normalized spacial score (nSPS) is 11.2. The summed E-state index contributed by atoms with van der Waals surface area (Å²) in [4.78, 5) is 20.5. The van der Waals surface area contributed by atoms with Crippen LogP contribution >= 0.6 is 11.6 Å². The third-order valence-electron chi connectivity index (χ3n) is 5.72. The molecule has 3 aromatic carbocycles. The molecule has 0 saturated heterocycles. The van der Waals surface area contributed by atoms with Crippen LogP contribution in [0.1, 0.15) is 46.2 Å². The van der Waals surface area contributed by atoms with Gasteiger partial charge in [-0.05, 0) is 74.7 Å². The minimum Gasteiger partial charge on any atom is -0.331 e. The Kier molecular flexibility index (Phi) is 6.33. The molecule has 0 aliphatic carbocycles. The molecule has 4 rings (SSSR count). The number of carbonyl (C=O) groups excluding carboxylic acids is 1. The van der Waals surface area contributed by atoms with Crippen molar-refractivity contribution in [3.05, 3.63) is 93.8 Å². The molecular formula is C27H28ClN3O. The third kappa shape index (κ3) is 4.28. The Labute approximate surface area is 194 Å². The first-order valence-corrected chi connectivity index (χ1v) is 11.4. The highest BCUT2D eigenvalue weighted by Crippen LogP contribution is 2.25. The Bertz CT molecular complexity index is 1250. The second-order valence-electron chi connectivity index (χ2n) is 8.33. The Balaban J connectivity index is 1.79. The van der Waals surface area contributed by atoms with Gasteiger partial charge in [0.1, 0.15) is 5.82 Å². The molecule has 0 unspecified atom stereocenters. The van der Waals surface area contributed by atoms with Gasteiger partial charge in [-0.15, -0.1) is 0 Å². The number of benzene rings is 3. The lowest BCUT2D eigenvalue weighted by Gasteiger charge is -2.24. The Morgan fingerprint density at radius 1 is 1.00 bits per heavy atom. The number of hydrogen-bond donors (Lipinski definition) is 0. The minimum absolute atomic E-state index is 0.0524. The maximum atomic E-state index is 13.7. The second kappa shape index (κ2) is 9.17. The molecule has 1 amide bonds. The van der Waals surface area contributed by atoms with Crippen molar-refractivity contribution < 1.29 is 4.79 Å². The zero-order valence-electron chi connectivity index (χ0n) is 19.0. The highest BCUT2D eigenvalue weighted by molar-refractivity contribution is 6.30. The lowest BCUT2D eigenvalue weighted by Crippen LogP contribution is -2.33. The van der Waals surface area contributed by atoms with E-state index in [1.807, 2.05) is 61.2 Å². The van der Waals surface area contributed by atoms with E-state index in [9.17, 15) is 4.79 Å². The van der Waals surface area contributed by atoms with Crippen LogP contribution in [0.25, 0.3) is 16.7 Å². The van der Waals surface area contributed by atoms with E-state index in [0.717, 1.165) is 45.7 Å². The monoisotopic (exact) mass is 445 g/mol. The third-order valence-corrected chi connectivity index (χ3v) is 5.97. The number of fused-ring (bicyclic) bond motifs is 1. The van der Waals surface area contributed by atoms with Gasteiger partial charge in [0, 0.05) is 22.8 Å². The van der Waals surface area contributed by atoms with Crippen LogP contribution in [0.5, 0.6) is 0 Å². The molecule has 0 aliphatic rings. The van der Waals surface area contributed by atoms with Crippen molar-refractivity contribution in [2.24, 2.45) is 0 Å². The number of amides is 1. The quantitative estimate of drug-likeness (QED) is 0.333. The largest absolute Gasteiger partial charge is 0.331 e. The molecule has 32 heavy (non-hydrogen) atoms. The van der Waals surface area contributed by atoms with Crippen molar-refractivity contribution in [2.75, 3.05) is 6.54 Å². The Morgan fingerprint density at radius 2 is 1.66 bits per heavy atom. The Hall–Kier alpha value is -3.11. The van der Waals surface area contributed by atoms with E-state index >= 15 is 0 Å². The molecular weight excluding hydrogens is 418 g/mol. The highest BCUT2D eigenvalue weighted by atomic mass is 35.5. The summed E-state index contributed by atoms with van der Waals surface area (Å²) >= 11 is 6.13. The average molecular weight is 446 g/mol. The molecule has 0 radical (unpaired) electrons. The van der Waals surface area contributed by atoms with Gasteiger partial charge in [0.25, 0.3) is 5.91 Å².